The second-order valence-corrected chi connectivity index (χ2v) is 5.20. The van der Waals surface area contributed by atoms with Crippen molar-refractivity contribution in [3.63, 3.8) is 0 Å². The van der Waals surface area contributed by atoms with E-state index in [0.717, 1.165) is 18.5 Å². The van der Waals surface area contributed by atoms with E-state index in [-0.39, 0.29) is 11.8 Å². The summed E-state index contributed by atoms with van der Waals surface area (Å²) in [4.78, 5) is 22.1. The predicted molar refractivity (Wildman–Crippen MR) is 82.1 cm³/mol. The zero-order valence-electron chi connectivity index (χ0n) is 12.3. The highest BCUT2D eigenvalue weighted by molar-refractivity contribution is 5.87. The van der Waals surface area contributed by atoms with Crippen molar-refractivity contribution in [1.29, 1.82) is 0 Å². The fourth-order valence-electron chi connectivity index (χ4n) is 2.55. The Morgan fingerprint density at radius 1 is 1.32 bits per heavy atom. The first-order valence-corrected chi connectivity index (χ1v) is 7.13. The molecule has 0 saturated carbocycles. The van der Waals surface area contributed by atoms with E-state index in [9.17, 15) is 9.90 Å². The summed E-state index contributed by atoms with van der Waals surface area (Å²) in [6.07, 6.45) is 1.06. The van der Waals surface area contributed by atoms with E-state index in [4.69, 9.17) is 4.74 Å². The first kappa shape index (κ1) is 14.5. The Hall–Kier alpha value is -2.47. The fourth-order valence-corrected chi connectivity index (χ4v) is 2.55. The Bertz CT molecular complexity index is 676. The van der Waals surface area contributed by atoms with Crippen LogP contribution in [0.3, 0.4) is 0 Å². The Morgan fingerprint density at radius 3 is 2.73 bits per heavy atom. The Morgan fingerprint density at radius 2 is 2.09 bits per heavy atom. The third-order valence-electron chi connectivity index (χ3n) is 3.77. The predicted octanol–water partition coefficient (Wildman–Crippen LogP) is 2.07. The number of rotatable bonds is 4. The van der Waals surface area contributed by atoms with E-state index in [0.29, 0.717) is 18.2 Å². The summed E-state index contributed by atoms with van der Waals surface area (Å²) in [5.41, 5.74) is 0.805. The third kappa shape index (κ3) is 2.92. The number of ether oxygens (including phenoxy) is 1. The van der Waals surface area contributed by atoms with Crippen LogP contribution in [0.15, 0.2) is 36.4 Å². The molecule has 114 valence electrons. The highest BCUT2D eigenvalue weighted by atomic mass is 16.5. The van der Waals surface area contributed by atoms with Crippen molar-refractivity contribution >= 4 is 11.8 Å². The summed E-state index contributed by atoms with van der Waals surface area (Å²) in [7, 11) is 1.69. The highest BCUT2D eigenvalue weighted by Crippen LogP contribution is 2.24. The van der Waals surface area contributed by atoms with Gasteiger partial charge in [-0.25, -0.2) is 14.8 Å². The molecule has 0 unspecified atom stereocenters. The van der Waals surface area contributed by atoms with Crippen molar-refractivity contribution in [2.24, 2.45) is 0 Å². The van der Waals surface area contributed by atoms with Gasteiger partial charge in [0.1, 0.15) is 5.82 Å². The molecule has 1 aliphatic heterocycles. The molecular formula is C16H17N3O3. The summed E-state index contributed by atoms with van der Waals surface area (Å²) >= 11 is 0. The van der Waals surface area contributed by atoms with Gasteiger partial charge in [-0.05, 0) is 6.42 Å². The van der Waals surface area contributed by atoms with E-state index in [1.807, 2.05) is 35.2 Å². The monoisotopic (exact) mass is 299 g/mol. The fraction of sp³-hybridized carbons (Fsp3) is 0.312. The molecule has 1 saturated heterocycles. The number of carbonyl (C=O) groups is 1. The Balaban J connectivity index is 2.00. The molecule has 1 atom stereocenters. The highest BCUT2D eigenvalue weighted by Gasteiger charge is 2.24. The topological polar surface area (TPSA) is 75.5 Å². The van der Waals surface area contributed by atoms with E-state index < -0.39 is 5.97 Å². The molecule has 1 N–H and O–H groups in total. The van der Waals surface area contributed by atoms with Crippen LogP contribution in [0.1, 0.15) is 16.9 Å². The van der Waals surface area contributed by atoms with Gasteiger partial charge in [0.25, 0.3) is 0 Å². The van der Waals surface area contributed by atoms with Gasteiger partial charge in [-0.3, -0.25) is 0 Å². The Labute approximate surface area is 128 Å². The smallest absolute Gasteiger partial charge is 0.354 e. The van der Waals surface area contributed by atoms with Crippen LogP contribution in [0.5, 0.6) is 0 Å². The molecule has 3 rings (SSSR count). The molecule has 0 spiro atoms. The molecule has 2 heterocycles. The lowest BCUT2D eigenvalue weighted by atomic mass is 10.2. The van der Waals surface area contributed by atoms with Gasteiger partial charge in [-0.2, -0.15) is 0 Å². The van der Waals surface area contributed by atoms with Crippen molar-refractivity contribution in [3.8, 4) is 11.4 Å². The minimum atomic E-state index is -1.05. The maximum Gasteiger partial charge on any atom is 0.354 e. The minimum absolute atomic E-state index is 0.00437. The maximum atomic E-state index is 11.3. The van der Waals surface area contributed by atoms with E-state index in [1.165, 1.54) is 6.07 Å². The number of carboxylic acids is 1. The minimum Gasteiger partial charge on any atom is -0.477 e. The first-order valence-electron chi connectivity index (χ1n) is 7.13. The molecule has 1 fully saturated rings. The van der Waals surface area contributed by atoms with Crippen molar-refractivity contribution in [2.75, 3.05) is 25.1 Å². The number of methoxy groups -OCH3 is 1. The molecule has 0 radical (unpaired) electrons. The molecule has 1 aromatic carbocycles. The lowest BCUT2D eigenvalue weighted by Crippen LogP contribution is -2.24. The average Bonchev–Trinajstić information content (AvgIpc) is 3.04. The summed E-state index contributed by atoms with van der Waals surface area (Å²) < 4.78 is 5.35. The van der Waals surface area contributed by atoms with Crippen LogP contribution in [0, 0.1) is 0 Å². The largest absolute Gasteiger partial charge is 0.477 e. The standard InChI is InChI=1S/C16H17N3O3/c1-22-12-7-8-19(10-12)14-9-13(16(20)21)17-15(18-14)11-5-3-2-4-6-11/h2-6,9,12H,7-8,10H2,1H3,(H,20,21)/t12-/m0/s1. The molecule has 0 aliphatic carbocycles. The van der Waals surface area contributed by atoms with Crippen LogP contribution in [0.4, 0.5) is 5.82 Å². The van der Waals surface area contributed by atoms with Gasteiger partial charge < -0.3 is 14.7 Å². The van der Waals surface area contributed by atoms with Gasteiger partial charge in [0.2, 0.25) is 0 Å². The second kappa shape index (κ2) is 6.11. The molecule has 1 aliphatic rings. The van der Waals surface area contributed by atoms with E-state index in [1.54, 1.807) is 7.11 Å². The maximum absolute atomic E-state index is 11.3. The molecule has 2 aromatic rings. The number of hydrogen-bond acceptors (Lipinski definition) is 5. The SMILES string of the molecule is CO[C@H]1CCN(c2cc(C(=O)O)nc(-c3ccccc3)n2)C1. The van der Waals surface area contributed by atoms with Crippen LogP contribution >= 0.6 is 0 Å². The lowest BCUT2D eigenvalue weighted by Gasteiger charge is -2.18. The molecule has 22 heavy (non-hydrogen) atoms. The molecular weight excluding hydrogens is 282 g/mol. The summed E-state index contributed by atoms with van der Waals surface area (Å²) in [5.74, 6) is 0.00508. The number of hydrogen-bond donors (Lipinski definition) is 1. The van der Waals surface area contributed by atoms with Gasteiger partial charge in [-0.1, -0.05) is 30.3 Å². The molecule has 6 nitrogen and oxygen atoms in total. The summed E-state index contributed by atoms with van der Waals surface area (Å²) in [6, 6.07) is 10.9. The van der Waals surface area contributed by atoms with E-state index in [2.05, 4.69) is 9.97 Å². The zero-order chi connectivity index (χ0) is 15.5. The normalized spacial score (nSPS) is 17.7. The van der Waals surface area contributed by atoms with Gasteiger partial charge in [0.15, 0.2) is 11.5 Å². The first-order chi connectivity index (χ1) is 10.7. The third-order valence-corrected chi connectivity index (χ3v) is 3.77. The zero-order valence-corrected chi connectivity index (χ0v) is 12.3. The van der Waals surface area contributed by atoms with Crippen LogP contribution in [0.25, 0.3) is 11.4 Å². The van der Waals surface area contributed by atoms with Crippen LogP contribution in [0.2, 0.25) is 0 Å². The number of benzene rings is 1. The number of aromatic nitrogens is 2. The second-order valence-electron chi connectivity index (χ2n) is 5.20. The molecule has 0 amide bonds. The number of carboxylic acid groups (broad SMARTS) is 1. The van der Waals surface area contributed by atoms with Crippen LogP contribution in [-0.2, 0) is 4.74 Å². The van der Waals surface area contributed by atoms with Gasteiger partial charge >= 0.3 is 5.97 Å². The van der Waals surface area contributed by atoms with Gasteiger partial charge in [0.05, 0.1) is 6.10 Å². The molecule has 0 bridgehead atoms. The Kier molecular flexibility index (Phi) is 4.02. The molecule has 1 aromatic heterocycles. The van der Waals surface area contributed by atoms with Crippen LogP contribution in [-0.4, -0.2) is 47.3 Å². The average molecular weight is 299 g/mol. The van der Waals surface area contributed by atoms with Crippen molar-refractivity contribution < 1.29 is 14.6 Å². The summed E-state index contributed by atoms with van der Waals surface area (Å²) in [5, 5.41) is 9.29. The van der Waals surface area contributed by atoms with E-state index >= 15 is 0 Å². The van der Waals surface area contributed by atoms with Crippen molar-refractivity contribution in [2.45, 2.75) is 12.5 Å². The number of anilines is 1. The van der Waals surface area contributed by atoms with Gasteiger partial charge in [-0.15, -0.1) is 0 Å². The number of aromatic carboxylic acids is 1. The van der Waals surface area contributed by atoms with Crippen molar-refractivity contribution in [1.82, 2.24) is 9.97 Å². The summed E-state index contributed by atoms with van der Waals surface area (Å²) in [6.45, 7) is 1.50. The lowest BCUT2D eigenvalue weighted by molar-refractivity contribution is 0.0690. The van der Waals surface area contributed by atoms with Gasteiger partial charge in [0, 0.05) is 31.8 Å². The van der Waals surface area contributed by atoms with Crippen LogP contribution < -0.4 is 4.90 Å². The molecule has 6 heteroatoms. The van der Waals surface area contributed by atoms with Crippen molar-refractivity contribution in [3.05, 3.63) is 42.1 Å². The number of nitrogens with zero attached hydrogens (tertiary/aromatic N) is 3. The quantitative estimate of drug-likeness (QED) is 0.931.